The summed E-state index contributed by atoms with van der Waals surface area (Å²) < 4.78 is 0.747. The number of hydrogen-bond acceptors (Lipinski definition) is 6. The molecular formula is C17H11BrN4O4. The van der Waals surface area contributed by atoms with Crippen molar-refractivity contribution in [1.29, 1.82) is 0 Å². The van der Waals surface area contributed by atoms with Gasteiger partial charge in [0.05, 0.1) is 27.1 Å². The third-order valence-electron chi connectivity index (χ3n) is 3.67. The van der Waals surface area contributed by atoms with Crippen molar-refractivity contribution in [3.05, 3.63) is 84.9 Å². The van der Waals surface area contributed by atoms with E-state index in [0.29, 0.717) is 22.0 Å². The normalized spacial score (nSPS) is 11.0. The number of nitro groups is 2. The minimum absolute atomic E-state index is 0.0133. The van der Waals surface area contributed by atoms with Gasteiger partial charge >= 0.3 is 0 Å². The lowest BCUT2D eigenvalue weighted by molar-refractivity contribution is -0.384. The molecule has 0 aliphatic carbocycles. The summed E-state index contributed by atoms with van der Waals surface area (Å²) in [4.78, 5) is 21.1. The van der Waals surface area contributed by atoms with Crippen molar-refractivity contribution in [1.82, 2.24) is 0 Å². The van der Waals surface area contributed by atoms with Crippen molar-refractivity contribution >= 4 is 50.0 Å². The molecule has 0 aromatic heterocycles. The molecule has 0 amide bonds. The predicted octanol–water partition coefficient (Wildman–Crippen LogP) is 4.86. The van der Waals surface area contributed by atoms with Crippen LogP contribution in [-0.2, 0) is 0 Å². The standard InChI is InChI=1S/C17H11BrN4O4/c18-15-8-9-16(22(25)26)17-11(2-1-3-14(15)17)10-19-20-12-4-6-13(7-5-12)21(23)24/h1-10,20H. The number of nitrogens with zero attached hydrogens (tertiary/aromatic N) is 3. The van der Waals surface area contributed by atoms with Crippen molar-refractivity contribution in [2.75, 3.05) is 5.43 Å². The molecule has 0 aliphatic heterocycles. The molecule has 8 nitrogen and oxygen atoms in total. The number of non-ortho nitro benzene ring substituents is 2. The monoisotopic (exact) mass is 414 g/mol. The minimum Gasteiger partial charge on any atom is -0.278 e. The van der Waals surface area contributed by atoms with E-state index < -0.39 is 9.85 Å². The van der Waals surface area contributed by atoms with Crippen LogP contribution in [0.4, 0.5) is 17.1 Å². The van der Waals surface area contributed by atoms with Gasteiger partial charge in [0.2, 0.25) is 0 Å². The molecular weight excluding hydrogens is 404 g/mol. The van der Waals surface area contributed by atoms with Gasteiger partial charge in [0.1, 0.15) is 0 Å². The van der Waals surface area contributed by atoms with E-state index in [1.54, 1.807) is 24.3 Å². The van der Waals surface area contributed by atoms with E-state index in [1.165, 1.54) is 36.5 Å². The average molecular weight is 415 g/mol. The van der Waals surface area contributed by atoms with Gasteiger partial charge < -0.3 is 0 Å². The molecule has 26 heavy (non-hydrogen) atoms. The fourth-order valence-electron chi connectivity index (χ4n) is 2.47. The van der Waals surface area contributed by atoms with Crippen LogP contribution < -0.4 is 5.43 Å². The molecule has 0 unspecified atom stereocenters. The first-order valence-electron chi connectivity index (χ1n) is 7.36. The maximum Gasteiger partial charge on any atom is 0.277 e. The molecule has 3 aromatic carbocycles. The van der Waals surface area contributed by atoms with Crippen molar-refractivity contribution in [3.8, 4) is 0 Å². The van der Waals surface area contributed by atoms with E-state index in [4.69, 9.17) is 0 Å². The smallest absolute Gasteiger partial charge is 0.277 e. The first kappa shape index (κ1) is 17.5. The molecule has 0 fully saturated rings. The fraction of sp³-hybridized carbons (Fsp3) is 0. The minimum atomic E-state index is -0.486. The van der Waals surface area contributed by atoms with Crippen LogP contribution in [0.5, 0.6) is 0 Å². The number of nitrogens with one attached hydrogen (secondary N) is 1. The van der Waals surface area contributed by atoms with E-state index >= 15 is 0 Å². The molecule has 0 bridgehead atoms. The highest BCUT2D eigenvalue weighted by Crippen LogP contribution is 2.33. The van der Waals surface area contributed by atoms with Crippen LogP contribution >= 0.6 is 15.9 Å². The number of anilines is 1. The summed E-state index contributed by atoms with van der Waals surface area (Å²) in [5.41, 5.74) is 3.85. The molecule has 0 radical (unpaired) electrons. The van der Waals surface area contributed by atoms with Gasteiger partial charge in [-0.25, -0.2) is 0 Å². The largest absolute Gasteiger partial charge is 0.278 e. The lowest BCUT2D eigenvalue weighted by Gasteiger charge is -2.05. The molecule has 1 N–H and O–H groups in total. The van der Waals surface area contributed by atoms with E-state index in [-0.39, 0.29) is 11.4 Å². The van der Waals surface area contributed by atoms with Crippen LogP contribution in [0.2, 0.25) is 0 Å². The SMILES string of the molecule is O=[N+]([O-])c1ccc(NN=Cc2cccc3c(Br)ccc([N+](=O)[O-])c23)cc1. The Bertz CT molecular complexity index is 1030. The van der Waals surface area contributed by atoms with Crippen molar-refractivity contribution < 1.29 is 9.85 Å². The van der Waals surface area contributed by atoms with Gasteiger partial charge in [0.15, 0.2) is 0 Å². The molecule has 0 heterocycles. The lowest BCUT2D eigenvalue weighted by Crippen LogP contribution is -1.96. The van der Waals surface area contributed by atoms with Crippen LogP contribution in [0, 0.1) is 20.2 Å². The molecule has 0 aliphatic rings. The Morgan fingerprint density at radius 3 is 2.35 bits per heavy atom. The Morgan fingerprint density at radius 1 is 0.962 bits per heavy atom. The first-order valence-corrected chi connectivity index (χ1v) is 8.16. The molecule has 130 valence electrons. The van der Waals surface area contributed by atoms with E-state index in [2.05, 4.69) is 26.5 Å². The summed E-state index contributed by atoms with van der Waals surface area (Å²) >= 11 is 3.40. The zero-order valence-electron chi connectivity index (χ0n) is 13.1. The van der Waals surface area contributed by atoms with Crippen molar-refractivity contribution in [2.24, 2.45) is 5.10 Å². The summed E-state index contributed by atoms with van der Waals surface area (Å²) in [6.45, 7) is 0. The molecule has 0 saturated heterocycles. The quantitative estimate of drug-likeness (QED) is 0.363. The second-order valence-electron chi connectivity index (χ2n) is 5.27. The number of fused-ring (bicyclic) bond motifs is 1. The highest BCUT2D eigenvalue weighted by atomic mass is 79.9. The Kier molecular flexibility index (Phi) is 4.90. The summed E-state index contributed by atoms with van der Waals surface area (Å²) in [7, 11) is 0. The molecule has 3 rings (SSSR count). The predicted molar refractivity (Wildman–Crippen MR) is 103 cm³/mol. The Balaban J connectivity index is 1.93. The van der Waals surface area contributed by atoms with Crippen LogP contribution in [0.25, 0.3) is 10.8 Å². The highest BCUT2D eigenvalue weighted by molar-refractivity contribution is 9.10. The number of hydrazone groups is 1. The number of nitro benzene ring substituents is 2. The molecule has 0 saturated carbocycles. The molecule has 0 atom stereocenters. The number of benzene rings is 3. The van der Waals surface area contributed by atoms with Gasteiger partial charge in [-0.1, -0.05) is 34.1 Å². The van der Waals surface area contributed by atoms with Gasteiger partial charge in [-0.05, 0) is 18.2 Å². The number of halogens is 1. The van der Waals surface area contributed by atoms with Crippen LogP contribution in [0.3, 0.4) is 0 Å². The van der Waals surface area contributed by atoms with Crippen LogP contribution in [0.15, 0.2) is 64.2 Å². The second kappa shape index (κ2) is 7.28. The number of hydrogen-bond donors (Lipinski definition) is 1. The van der Waals surface area contributed by atoms with Crippen molar-refractivity contribution in [3.63, 3.8) is 0 Å². The average Bonchev–Trinajstić information content (AvgIpc) is 2.62. The third kappa shape index (κ3) is 3.52. The Labute approximate surface area is 155 Å². The Morgan fingerprint density at radius 2 is 1.69 bits per heavy atom. The van der Waals surface area contributed by atoms with Crippen LogP contribution in [-0.4, -0.2) is 16.1 Å². The van der Waals surface area contributed by atoms with Crippen molar-refractivity contribution in [2.45, 2.75) is 0 Å². The van der Waals surface area contributed by atoms with E-state index in [9.17, 15) is 20.2 Å². The van der Waals surface area contributed by atoms with E-state index in [0.717, 1.165) is 4.47 Å². The van der Waals surface area contributed by atoms with E-state index in [1.807, 2.05) is 0 Å². The highest BCUT2D eigenvalue weighted by Gasteiger charge is 2.16. The summed E-state index contributed by atoms with van der Waals surface area (Å²) in [6, 6.07) is 14.1. The molecule has 0 spiro atoms. The molecule has 9 heteroatoms. The van der Waals surface area contributed by atoms with Gasteiger partial charge in [0, 0.05) is 33.6 Å². The summed E-state index contributed by atoms with van der Waals surface area (Å²) in [5, 5.41) is 27.2. The summed E-state index contributed by atoms with van der Waals surface area (Å²) in [5.74, 6) is 0. The summed E-state index contributed by atoms with van der Waals surface area (Å²) in [6.07, 6.45) is 1.48. The van der Waals surface area contributed by atoms with Gasteiger partial charge in [-0.2, -0.15) is 5.10 Å². The Hall–Kier alpha value is -3.33. The second-order valence-corrected chi connectivity index (χ2v) is 6.12. The third-order valence-corrected chi connectivity index (χ3v) is 4.36. The van der Waals surface area contributed by atoms with Crippen LogP contribution in [0.1, 0.15) is 5.56 Å². The topological polar surface area (TPSA) is 111 Å². The zero-order chi connectivity index (χ0) is 18.7. The lowest BCUT2D eigenvalue weighted by atomic mass is 10.0. The van der Waals surface area contributed by atoms with Gasteiger partial charge in [0.25, 0.3) is 11.4 Å². The first-order chi connectivity index (χ1) is 12.5. The number of rotatable bonds is 5. The van der Waals surface area contributed by atoms with Gasteiger partial charge in [-0.15, -0.1) is 0 Å². The fourth-order valence-corrected chi connectivity index (χ4v) is 2.94. The molecule has 3 aromatic rings. The van der Waals surface area contributed by atoms with Gasteiger partial charge in [-0.3, -0.25) is 25.7 Å². The maximum atomic E-state index is 11.3. The zero-order valence-corrected chi connectivity index (χ0v) is 14.7. The maximum absolute atomic E-state index is 11.3.